The van der Waals surface area contributed by atoms with Crippen LogP contribution in [0.4, 0.5) is 5.95 Å². The molecule has 194 valence electrons. The first-order valence-electron chi connectivity index (χ1n) is 12.1. The normalized spacial score (nSPS) is 22.7. The number of nitrogens with zero attached hydrogens (tertiary/aromatic N) is 4. The Balaban J connectivity index is 1.46. The molecule has 1 saturated carbocycles. The molecule has 3 N–H and O–H groups in total. The zero-order valence-corrected chi connectivity index (χ0v) is 21.6. The van der Waals surface area contributed by atoms with Crippen LogP contribution >= 0.6 is 0 Å². The Morgan fingerprint density at radius 2 is 1.94 bits per heavy atom. The van der Waals surface area contributed by atoms with Crippen molar-refractivity contribution in [1.82, 2.24) is 23.6 Å². The van der Waals surface area contributed by atoms with Gasteiger partial charge in [0.1, 0.15) is 5.65 Å². The van der Waals surface area contributed by atoms with Gasteiger partial charge in [0, 0.05) is 49.9 Å². The monoisotopic (exact) mass is 508 g/mol. The number of fused-ring (bicyclic) bond motifs is 1. The number of pyridine rings is 1. The van der Waals surface area contributed by atoms with Gasteiger partial charge >= 0.3 is 0 Å². The first-order valence-corrected chi connectivity index (χ1v) is 13.6. The van der Waals surface area contributed by atoms with Gasteiger partial charge in [-0.05, 0) is 58.9 Å². The fourth-order valence-corrected chi connectivity index (χ4v) is 6.11. The number of anilines is 1. The van der Waals surface area contributed by atoms with Crippen LogP contribution in [0.3, 0.4) is 0 Å². The summed E-state index contributed by atoms with van der Waals surface area (Å²) in [5, 5.41) is 14.5. The Labute approximate surface area is 206 Å². The third-order valence-corrected chi connectivity index (χ3v) is 8.64. The molecule has 0 amide bonds. The lowest BCUT2D eigenvalue weighted by atomic mass is 10.1. The summed E-state index contributed by atoms with van der Waals surface area (Å²) in [6.45, 7) is 6.33. The van der Waals surface area contributed by atoms with Crippen molar-refractivity contribution in [2.75, 3.05) is 32.1 Å². The summed E-state index contributed by atoms with van der Waals surface area (Å²) in [5.41, 5.74) is 0.371. The molecule has 0 spiro atoms. The summed E-state index contributed by atoms with van der Waals surface area (Å²) >= 11 is 0. The Bertz CT molecular complexity index is 1220. The molecular formula is C23H36N6O5S. The van der Waals surface area contributed by atoms with Gasteiger partial charge in [-0.1, -0.05) is 0 Å². The Morgan fingerprint density at radius 1 is 1.23 bits per heavy atom. The molecule has 0 aromatic carbocycles. The largest absolute Gasteiger partial charge is 0.391 e. The Hall–Kier alpha value is -2.12. The zero-order valence-electron chi connectivity index (χ0n) is 20.8. The fourth-order valence-electron chi connectivity index (χ4n) is 4.71. The van der Waals surface area contributed by atoms with Crippen LogP contribution in [0.1, 0.15) is 57.6 Å². The molecule has 2 aromatic rings. The van der Waals surface area contributed by atoms with Crippen molar-refractivity contribution in [3.8, 4) is 0 Å². The van der Waals surface area contributed by atoms with Crippen LogP contribution in [0.25, 0.3) is 11.0 Å². The number of nitrogens with one attached hydrogen (secondary N) is 2. The smallest absolute Gasteiger partial charge is 0.279 e. The van der Waals surface area contributed by atoms with E-state index in [2.05, 4.69) is 20.0 Å². The van der Waals surface area contributed by atoms with Crippen LogP contribution in [-0.4, -0.2) is 76.9 Å². The predicted molar refractivity (Wildman–Crippen MR) is 134 cm³/mol. The molecule has 1 aliphatic heterocycles. The zero-order chi connectivity index (χ0) is 25.4. The number of piperidine rings is 1. The van der Waals surface area contributed by atoms with E-state index in [1.165, 1.54) is 4.31 Å². The minimum Gasteiger partial charge on any atom is -0.391 e. The van der Waals surface area contributed by atoms with E-state index >= 15 is 0 Å². The van der Waals surface area contributed by atoms with E-state index in [1.807, 2.05) is 13.8 Å². The SMILES string of the molecule is COC(C)(C)CNS(=O)(=O)N1CCC(Nc2ncc3cc(C)c(=O)n([C@H]4CCC[C@@H]4O)c3n2)CC1. The van der Waals surface area contributed by atoms with E-state index in [-0.39, 0.29) is 24.2 Å². The number of ether oxygens (including phenoxy) is 1. The van der Waals surface area contributed by atoms with Gasteiger partial charge in [0.2, 0.25) is 5.95 Å². The summed E-state index contributed by atoms with van der Waals surface area (Å²) in [6, 6.07) is 1.48. The molecule has 0 unspecified atom stereocenters. The second-order valence-electron chi connectivity index (χ2n) is 10.1. The summed E-state index contributed by atoms with van der Waals surface area (Å²) < 4.78 is 36.3. The molecule has 2 aromatic heterocycles. The van der Waals surface area contributed by atoms with E-state index in [0.717, 1.165) is 18.2 Å². The Kier molecular flexibility index (Phi) is 7.49. The van der Waals surface area contributed by atoms with Crippen molar-refractivity contribution < 1.29 is 18.3 Å². The summed E-state index contributed by atoms with van der Waals surface area (Å²) in [4.78, 5) is 22.1. The molecule has 2 aliphatic rings. The van der Waals surface area contributed by atoms with E-state index in [9.17, 15) is 18.3 Å². The molecule has 4 rings (SSSR count). The van der Waals surface area contributed by atoms with E-state index in [4.69, 9.17) is 4.74 Å². The molecule has 2 atom stereocenters. The van der Waals surface area contributed by atoms with Gasteiger partial charge in [-0.2, -0.15) is 22.4 Å². The third-order valence-electron chi connectivity index (χ3n) is 7.09. The average molecular weight is 509 g/mol. The molecule has 1 saturated heterocycles. The number of aliphatic hydroxyl groups is 1. The first-order chi connectivity index (χ1) is 16.5. The molecule has 0 radical (unpaired) electrons. The Morgan fingerprint density at radius 3 is 2.57 bits per heavy atom. The lowest BCUT2D eigenvalue weighted by Gasteiger charge is -2.32. The van der Waals surface area contributed by atoms with Crippen molar-refractivity contribution in [3.63, 3.8) is 0 Å². The van der Waals surface area contributed by atoms with E-state index < -0.39 is 21.9 Å². The van der Waals surface area contributed by atoms with Crippen LogP contribution in [0.2, 0.25) is 0 Å². The van der Waals surface area contributed by atoms with Crippen LogP contribution in [-0.2, 0) is 14.9 Å². The van der Waals surface area contributed by atoms with Gasteiger partial charge in [0.15, 0.2) is 0 Å². The van der Waals surface area contributed by atoms with Crippen LogP contribution in [0.15, 0.2) is 17.1 Å². The summed E-state index contributed by atoms with van der Waals surface area (Å²) in [7, 11) is -2.05. The number of aromatic nitrogens is 3. The van der Waals surface area contributed by atoms with Crippen LogP contribution in [0.5, 0.6) is 0 Å². The standard InChI is InChI=1S/C23H36N6O5S/c1-15-12-16-13-24-22(27-20(16)29(21(15)31)18-6-5-7-19(18)30)26-17-8-10-28(11-9-17)35(32,33)25-14-23(2,3)34-4/h12-13,17-19,25,30H,5-11,14H2,1-4H3,(H,24,26,27)/t18-,19-/m0/s1. The second kappa shape index (κ2) is 10.1. The number of hydrogen-bond donors (Lipinski definition) is 3. The average Bonchev–Trinajstić information content (AvgIpc) is 3.25. The number of methoxy groups -OCH3 is 1. The second-order valence-corrected chi connectivity index (χ2v) is 11.9. The van der Waals surface area contributed by atoms with Crippen molar-refractivity contribution in [2.45, 2.75) is 76.7 Å². The van der Waals surface area contributed by atoms with E-state index in [0.29, 0.717) is 49.5 Å². The van der Waals surface area contributed by atoms with Gasteiger partial charge in [0.25, 0.3) is 15.8 Å². The molecule has 2 fully saturated rings. The van der Waals surface area contributed by atoms with Crippen molar-refractivity contribution >= 4 is 27.2 Å². The topological polar surface area (TPSA) is 139 Å². The number of hydrogen-bond acceptors (Lipinski definition) is 8. The fraction of sp³-hybridized carbons (Fsp3) is 0.696. The quantitative estimate of drug-likeness (QED) is 0.485. The molecule has 3 heterocycles. The lowest BCUT2D eigenvalue weighted by Crippen LogP contribution is -2.50. The van der Waals surface area contributed by atoms with Crippen molar-refractivity contribution in [3.05, 3.63) is 28.2 Å². The van der Waals surface area contributed by atoms with Gasteiger partial charge < -0.3 is 15.2 Å². The molecule has 1 aliphatic carbocycles. The third kappa shape index (κ3) is 5.67. The van der Waals surface area contributed by atoms with Crippen molar-refractivity contribution in [1.29, 1.82) is 0 Å². The molecule has 0 bridgehead atoms. The van der Waals surface area contributed by atoms with Gasteiger partial charge in [-0.25, -0.2) is 4.98 Å². The van der Waals surface area contributed by atoms with Crippen LogP contribution < -0.4 is 15.6 Å². The first kappa shape index (κ1) is 26.0. The summed E-state index contributed by atoms with van der Waals surface area (Å²) in [6.07, 6.45) is 4.57. The van der Waals surface area contributed by atoms with Gasteiger partial charge in [-0.3, -0.25) is 9.36 Å². The number of aliphatic hydroxyl groups excluding tert-OH is 1. The molecule has 35 heavy (non-hydrogen) atoms. The highest BCUT2D eigenvalue weighted by Crippen LogP contribution is 2.31. The van der Waals surface area contributed by atoms with Gasteiger partial charge in [0.05, 0.1) is 17.7 Å². The summed E-state index contributed by atoms with van der Waals surface area (Å²) in [5.74, 6) is 0.392. The molecule has 11 nitrogen and oxygen atoms in total. The maximum atomic E-state index is 13.0. The molecule has 12 heteroatoms. The van der Waals surface area contributed by atoms with Crippen molar-refractivity contribution in [2.24, 2.45) is 0 Å². The minimum absolute atomic E-state index is 0.00277. The predicted octanol–water partition coefficient (Wildman–Crippen LogP) is 1.32. The maximum absolute atomic E-state index is 13.0. The minimum atomic E-state index is -3.60. The highest BCUT2D eigenvalue weighted by molar-refractivity contribution is 7.87. The number of rotatable bonds is 8. The highest BCUT2D eigenvalue weighted by atomic mass is 32.2. The van der Waals surface area contributed by atoms with Crippen LogP contribution in [0, 0.1) is 6.92 Å². The molecular weight excluding hydrogens is 472 g/mol. The van der Waals surface area contributed by atoms with Gasteiger partial charge in [-0.15, -0.1) is 0 Å². The maximum Gasteiger partial charge on any atom is 0.279 e. The van der Waals surface area contributed by atoms with E-state index in [1.54, 1.807) is 30.9 Å². The highest BCUT2D eigenvalue weighted by Gasteiger charge is 2.31. The lowest BCUT2D eigenvalue weighted by molar-refractivity contribution is 0.0273. The number of aryl methyl sites for hydroxylation is 1.